The molecule has 2 N–H and O–H groups in total. The molecule has 0 radical (unpaired) electrons. The second-order valence-electron chi connectivity index (χ2n) is 8.26. The third-order valence-corrected chi connectivity index (χ3v) is 7.16. The van der Waals surface area contributed by atoms with Crippen LogP contribution in [0.5, 0.6) is 0 Å². The van der Waals surface area contributed by atoms with Gasteiger partial charge in [-0.15, -0.1) is 11.3 Å². The maximum Gasteiger partial charge on any atom is 0.240 e. The molecule has 0 aliphatic heterocycles. The van der Waals surface area contributed by atoms with Crippen LogP contribution < -0.4 is 10.0 Å². The molecule has 8 heteroatoms. The van der Waals surface area contributed by atoms with Gasteiger partial charge in [-0.2, -0.15) is 0 Å². The molecule has 1 amide bonds. The van der Waals surface area contributed by atoms with E-state index in [1.54, 1.807) is 35.9 Å². The second-order valence-corrected chi connectivity index (χ2v) is 11.0. The standard InChI is InChI=1S/C23H27N3O3S2/c1-23(2,3)19-6-8-20(9-7-19)31(28,29)26-11-10-22(27)25-15-17-13-18(16-24-14-17)21-5-4-12-30-21/h4-9,12-14,16,26H,10-11,15H2,1-3H3,(H,25,27). The van der Waals surface area contributed by atoms with Gasteiger partial charge in [0.2, 0.25) is 15.9 Å². The van der Waals surface area contributed by atoms with Crippen LogP contribution in [0.1, 0.15) is 38.3 Å². The molecule has 0 saturated carbocycles. The van der Waals surface area contributed by atoms with E-state index >= 15 is 0 Å². The third-order valence-electron chi connectivity index (χ3n) is 4.77. The average Bonchev–Trinajstić information content (AvgIpc) is 3.27. The Morgan fingerprint density at radius 1 is 1.10 bits per heavy atom. The molecule has 0 aliphatic carbocycles. The molecule has 0 saturated heterocycles. The van der Waals surface area contributed by atoms with Crippen molar-refractivity contribution in [2.75, 3.05) is 6.54 Å². The van der Waals surface area contributed by atoms with E-state index in [1.807, 2.05) is 35.7 Å². The van der Waals surface area contributed by atoms with E-state index in [2.05, 4.69) is 35.8 Å². The number of nitrogens with zero attached hydrogens (tertiary/aromatic N) is 1. The SMILES string of the molecule is CC(C)(C)c1ccc(S(=O)(=O)NCCC(=O)NCc2cncc(-c3cccs3)c2)cc1. The van der Waals surface area contributed by atoms with Crippen molar-refractivity contribution in [3.8, 4) is 10.4 Å². The predicted octanol–water partition coefficient (Wildman–Crippen LogP) is 4.09. The molecule has 0 bridgehead atoms. The van der Waals surface area contributed by atoms with Crippen molar-refractivity contribution in [3.63, 3.8) is 0 Å². The summed E-state index contributed by atoms with van der Waals surface area (Å²) in [4.78, 5) is 17.7. The zero-order valence-corrected chi connectivity index (χ0v) is 19.5. The van der Waals surface area contributed by atoms with E-state index < -0.39 is 10.0 Å². The zero-order chi connectivity index (χ0) is 22.5. The largest absolute Gasteiger partial charge is 0.352 e. The highest BCUT2D eigenvalue weighted by Gasteiger charge is 2.17. The predicted molar refractivity (Wildman–Crippen MR) is 124 cm³/mol. The molecule has 164 valence electrons. The number of hydrogen-bond acceptors (Lipinski definition) is 5. The van der Waals surface area contributed by atoms with Crippen molar-refractivity contribution in [1.82, 2.24) is 15.0 Å². The van der Waals surface area contributed by atoms with Crippen LogP contribution in [0, 0.1) is 0 Å². The molecular formula is C23H27N3O3S2. The summed E-state index contributed by atoms with van der Waals surface area (Å²) in [5.74, 6) is -0.229. The Morgan fingerprint density at radius 3 is 2.48 bits per heavy atom. The summed E-state index contributed by atoms with van der Waals surface area (Å²) in [6, 6.07) is 12.8. The maximum absolute atomic E-state index is 12.5. The van der Waals surface area contributed by atoms with Crippen molar-refractivity contribution >= 4 is 27.3 Å². The van der Waals surface area contributed by atoms with Gasteiger partial charge in [0.25, 0.3) is 0 Å². The quantitative estimate of drug-likeness (QED) is 0.533. The monoisotopic (exact) mass is 457 g/mol. The van der Waals surface area contributed by atoms with Gasteiger partial charge >= 0.3 is 0 Å². The summed E-state index contributed by atoms with van der Waals surface area (Å²) in [5.41, 5.74) is 2.90. The molecule has 1 aromatic carbocycles. The number of amides is 1. The third kappa shape index (κ3) is 6.46. The van der Waals surface area contributed by atoms with Gasteiger partial charge in [0.1, 0.15) is 0 Å². The number of carbonyl (C=O) groups is 1. The van der Waals surface area contributed by atoms with Gasteiger partial charge in [0.15, 0.2) is 0 Å². The fourth-order valence-electron chi connectivity index (χ4n) is 2.97. The minimum Gasteiger partial charge on any atom is -0.352 e. The minimum absolute atomic E-state index is 0.0304. The Bertz CT molecular complexity index is 1120. The summed E-state index contributed by atoms with van der Waals surface area (Å²) in [6.45, 7) is 6.58. The minimum atomic E-state index is -3.65. The van der Waals surface area contributed by atoms with Gasteiger partial charge in [-0.1, -0.05) is 39.0 Å². The number of pyridine rings is 1. The lowest BCUT2D eigenvalue weighted by Gasteiger charge is -2.19. The number of carbonyl (C=O) groups excluding carboxylic acids is 1. The number of hydrogen-bond donors (Lipinski definition) is 2. The van der Waals surface area contributed by atoms with E-state index in [0.29, 0.717) is 6.54 Å². The summed E-state index contributed by atoms with van der Waals surface area (Å²) >= 11 is 1.63. The molecule has 3 aromatic rings. The highest BCUT2D eigenvalue weighted by atomic mass is 32.2. The smallest absolute Gasteiger partial charge is 0.240 e. The van der Waals surface area contributed by atoms with Crippen LogP contribution in [0.15, 0.2) is 65.1 Å². The lowest BCUT2D eigenvalue weighted by atomic mass is 9.87. The van der Waals surface area contributed by atoms with Gasteiger partial charge in [-0.05, 0) is 46.2 Å². The topological polar surface area (TPSA) is 88.2 Å². The Morgan fingerprint density at radius 2 is 1.84 bits per heavy atom. The highest BCUT2D eigenvalue weighted by molar-refractivity contribution is 7.89. The van der Waals surface area contributed by atoms with Gasteiger partial charge in [-0.25, -0.2) is 13.1 Å². The normalized spacial score (nSPS) is 12.0. The van der Waals surface area contributed by atoms with Crippen molar-refractivity contribution < 1.29 is 13.2 Å². The molecule has 0 spiro atoms. The van der Waals surface area contributed by atoms with Crippen LogP contribution >= 0.6 is 11.3 Å². The second kappa shape index (κ2) is 9.72. The van der Waals surface area contributed by atoms with Gasteiger partial charge < -0.3 is 5.32 Å². The van der Waals surface area contributed by atoms with Crippen molar-refractivity contribution in [1.29, 1.82) is 0 Å². The number of benzene rings is 1. The summed E-state index contributed by atoms with van der Waals surface area (Å²) in [7, 11) is -3.65. The van der Waals surface area contributed by atoms with Crippen LogP contribution in [0.2, 0.25) is 0 Å². The maximum atomic E-state index is 12.5. The Labute approximate surface area is 187 Å². The molecule has 2 aromatic heterocycles. The molecular weight excluding hydrogens is 430 g/mol. The molecule has 31 heavy (non-hydrogen) atoms. The first-order valence-corrected chi connectivity index (χ1v) is 12.4. The Balaban J connectivity index is 1.48. The number of rotatable bonds is 8. The van der Waals surface area contributed by atoms with Gasteiger partial charge in [-0.3, -0.25) is 9.78 Å². The first-order chi connectivity index (χ1) is 14.6. The molecule has 0 atom stereocenters. The number of sulfonamides is 1. The van der Waals surface area contributed by atoms with E-state index in [-0.39, 0.29) is 29.2 Å². The van der Waals surface area contributed by atoms with Gasteiger partial charge in [0.05, 0.1) is 4.90 Å². The molecule has 0 unspecified atom stereocenters. The summed E-state index contributed by atoms with van der Waals surface area (Å²) < 4.78 is 27.4. The van der Waals surface area contributed by atoms with Crippen molar-refractivity contribution in [2.45, 2.75) is 44.0 Å². The number of thiophene rings is 1. The molecule has 0 aliphatic rings. The first-order valence-electron chi connectivity index (χ1n) is 10.00. The fourth-order valence-corrected chi connectivity index (χ4v) is 4.71. The van der Waals surface area contributed by atoms with E-state index in [4.69, 9.17) is 0 Å². The summed E-state index contributed by atoms with van der Waals surface area (Å²) in [5, 5.41) is 4.81. The molecule has 6 nitrogen and oxygen atoms in total. The van der Waals surface area contributed by atoms with Crippen LogP contribution in [0.25, 0.3) is 10.4 Å². The molecule has 2 heterocycles. The average molecular weight is 458 g/mol. The van der Waals surface area contributed by atoms with E-state index in [1.165, 1.54) is 0 Å². The highest BCUT2D eigenvalue weighted by Crippen LogP contribution is 2.24. The van der Waals surface area contributed by atoms with Crippen molar-refractivity contribution in [2.24, 2.45) is 0 Å². The zero-order valence-electron chi connectivity index (χ0n) is 17.9. The lowest BCUT2D eigenvalue weighted by molar-refractivity contribution is -0.121. The van der Waals surface area contributed by atoms with Crippen LogP contribution in [0.4, 0.5) is 0 Å². The number of nitrogens with one attached hydrogen (secondary N) is 2. The van der Waals surface area contributed by atoms with E-state index in [0.717, 1.165) is 21.6 Å². The van der Waals surface area contributed by atoms with E-state index in [9.17, 15) is 13.2 Å². The Kier molecular flexibility index (Phi) is 7.25. The fraction of sp³-hybridized carbons (Fsp3) is 0.304. The lowest BCUT2D eigenvalue weighted by Crippen LogP contribution is -2.30. The first kappa shape index (κ1) is 23.1. The number of aromatic nitrogens is 1. The van der Waals surface area contributed by atoms with Crippen LogP contribution in [-0.4, -0.2) is 25.9 Å². The van der Waals surface area contributed by atoms with Crippen LogP contribution in [-0.2, 0) is 26.8 Å². The summed E-state index contributed by atoms with van der Waals surface area (Å²) in [6.07, 6.45) is 3.55. The Hall–Kier alpha value is -2.55. The van der Waals surface area contributed by atoms with Gasteiger partial charge in [0, 0.05) is 42.3 Å². The molecule has 0 fully saturated rings. The van der Waals surface area contributed by atoms with Crippen LogP contribution in [0.3, 0.4) is 0 Å². The molecule has 3 rings (SSSR count). The van der Waals surface area contributed by atoms with Crippen molar-refractivity contribution in [3.05, 3.63) is 71.4 Å².